The third-order valence-corrected chi connectivity index (χ3v) is 5.42. The van der Waals surface area contributed by atoms with Crippen LogP contribution in [0.2, 0.25) is 0 Å². The van der Waals surface area contributed by atoms with Crippen molar-refractivity contribution in [2.45, 2.75) is 26.7 Å². The van der Waals surface area contributed by atoms with Gasteiger partial charge >= 0.3 is 0 Å². The van der Waals surface area contributed by atoms with E-state index in [0.717, 1.165) is 43.0 Å². The average Bonchev–Trinajstić information content (AvgIpc) is 3.40. The highest BCUT2D eigenvalue weighted by atomic mass is 16.2. The van der Waals surface area contributed by atoms with E-state index in [9.17, 15) is 9.59 Å². The van der Waals surface area contributed by atoms with E-state index in [1.54, 1.807) is 18.3 Å². The van der Waals surface area contributed by atoms with E-state index in [4.69, 9.17) is 0 Å². The van der Waals surface area contributed by atoms with Crippen LogP contribution in [0.4, 0.5) is 5.82 Å². The Morgan fingerprint density at radius 2 is 1.57 bits per heavy atom. The molecule has 0 unspecified atom stereocenters. The van der Waals surface area contributed by atoms with Crippen LogP contribution in [0.5, 0.6) is 0 Å². The van der Waals surface area contributed by atoms with Gasteiger partial charge in [-0.05, 0) is 57.0 Å². The summed E-state index contributed by atoms with van der Waals surface area (Å²) in [6.45, 7) is 5.61. The molecule has 0 aliphatic carbocycles. The minimum absolute atomic E-state index is 0.356. The van der Waals surface area contributed by atoms with Gasteiger partial charge in [0, 0.05) is 36.4 Å². The number of aryl methyl sites for hydroxylation is 1. The highest BCUT2D eigenvalue weighted by Crippen LogP contribution is 2.22. The molecular formula is C23H25N5O2. The minimum Gasteiger partial charge on any atom is -0.356 e. The lowest BCUT2D eigenvalue weighted by Crippen LogP contribution is -2.42. The highest BCUT2D eigenvalue weighted by molar-refractivity contribution is 6.02. The van der Waals surface area contributed by atoms with Crippen molar-refractivity contribution in [3.05, 3.63) is 77.2 Å². The van der Waals surface area contributed by atoms with Crippen molar-refractivity contribution in [2.75, 3.05) is 18.0 Å². The number of carbonyl (C=O) groups is 2. The number of pyridine rings is 1. The summed E-state index contributed by atoms with van der Waals surface area (Å²) in [7, 11) is 0. The van der Waals surface area contributed by atoms with Crippen LogP contribution in [0, 0.1) is 13.8 Å². The van der Waals surface area contributed by atoms with Gasteiger partial charge in [-0.25, -0.2) is 4.98 Å². The molecular weight excluding hydrogens is 378 g/mol. The molecule has 1 aliphatic heterocycles. The van der Waals surface area contributed by atoms with E-state index in [1.807, 2.05) is 54.8 Å². The Bertz CT molecular complexity index is 1070. The molecule has 30 heavy (non-hydrogen) atoms. The molecule has 4 rings (SSSR count). The van der Waals surface area contributed by atoms with Crippen LogP contribution in [0.3, 0.4) is 0 Å². The molecule has 0 saturated carbocycles. The molecule has 0 radical (unpaired) electrons. The monoisotopic (exact) mass is 403 g/mol. The summed E-state index contributed by atoms with van der Waals surface area (Å²) in [6.07, 6.45) is 3.86. The molecule has 1 fully saturated rings. The average molecular weight is 403 g/mol. The minimum atomic E-state index is -0.379. The number of hydrogen-bond donors (Lipinski definition) is 2. The normalized spacial score (nSPS) is 13.3. The Labute approximate surface area is 175 Å². The lowest BCUT2D eigenvalue weighted by molar-refractivity contribution is 0.0846. The topological polar surface area (TPSA) is 79.3 Å². The first-order valence-electron chi connectivity index (χ1n) is 10.1. The van der Waals surface area contributed by atoms with Gasteiger partial charge in [0.2, 0.25) is 0 Å². The number of amides is 2. The maximum absolute atomic E-state index is 12.8. The maximum atomic E-state index is 12.8. The van der Waals surface area contributed by atoms with Gasteiger partial charge in [-0.15, -0.1) is 0 Å². The summed E-state index contributed by atoms with van der Waals surface area (Å²) in [5, 5.41) is 0. The smallest absolute Gasteiger partial charge is 0.273 e. The molecule has 2 amide bonds. The number of nitrogens with zero attached hydrogens (tertiary/aromatic N) is 3. The van der Waals surface area contributed by atoms with Gasteiger partial charge in [0.1, 0.15) is 5.82 Å². The Kier molecular flexibility index (Phi) is 5.52. The van der Waals surface area contributed by atoms with Crippen LogP contribution in [-0.2, 0) is 0 Å². The van der Waals surface area contributed by atoms with Crippen LogP contribution in [-0.4, -0.2) is 34.5 Å². The van der Waals surface area contributed by atoms with E-state index < -0.39 is 0 Å². The zero-order valence-corrected chi connectivity index (χ0v) is 17.2. The lowest BCUT2D eigenvalue weighted by Gasteiger charge is -2.19. The molecule has 2 aromatic heterocycles. The van der Waals surface area contributed by atoms with Crippen molar-refractivity contribution in [3.63, 3.8) is 0 Å². The van der Waals surface area contributed by atoms with E-state index >= 15 is 0 Å². The lowest BCUT2D eigenvalue weighted by atomic mass is 10.2. The fraction of sp³-hybridized carbons (Fsp3) is 0.261. The predicted molar refractivity (Wildman–Crippen MR) is 116 cm³/mol. The molecule has 7 nitrogen and oxygen atoms in total. The zero-order valence-electron chi connectivity index (χ0n) is 17.2. The van der Waals surface area contributed by atoms with Crippen LogP contribution in [0.15, 0.2) is 54.7 Å². The molecule has 154 valence electrons. The van der Waals surface area contributed by atoms with Crippen molar-refractivity contribution >= 4 is 17.6 Å². The second kappa shape index (κ2) is 8.41. The van der Waals surface area contributed by atoms with Gasteiger partial charge < -0.3 is 9.47 Å². The summed E-state index contributed by atoms with van der Waals surface area (Å²) in [5.74, 6) is -0.0792. The Balaban J connectivity index is 1.49. The van der Waals surface area contributed by atoms with Gasteiger partial charge in [0.25, 0.3) is 11.8 Å². The molecule has 1 aromatic carbocycles. The SMILES string of the molecule is Cc1cc(C(=O)NNC(=O)c2cccnc2N2CCCC2)c(C)n1-c1ccccc1. The molecule has 0 spiro atoms. The number of rotatable bonds is 4. The van der Waals surface area contributed by atoms with Gasteiger partial charge in [-0.2, -0.15) is 0 Å². The molecule has 1 aliphatic rings. The molecule has 2 N–H and O–H groups in total. The van der Waals surface area contributed by atoms with E-state index in [1.165, 1.54) is 0 Å². The van der Waals surface area contributed by atoms with Gasteiger partial charge in [-0.1, -0.05) is 18.2 Å². The number of carbonyl (C=O) groups excluding carboxylic acids is 2. The van der Waals surface area contributed by atoms with E-state index in [0.29, 0.717) is 16.9 Å². The van der Waals surface area contributed by atoms with Crippen LogP contribution in [0.25, 0.3) is 5.69 Å². The maximum Gasteiger partial charge on any atom is 0.273 e. The predicted octanol–water partition coefficient (Wildman–Crippen LogP) is 3.16. The molecule has 3 heterocycles. The van der Waals surface area contributed by atoms with Gasteiger partial charge in [-0.3, -0.25) is 20.4 Å². The van der Waals surface area contributed by atoms with Gasteiger partial charge in [0.15, 0.2) is 0 Å². The number of para-hydroxylation sites is 1. The first-order valence-corrected chi connectivity index (χ1v) is 10.1. The van der Waals surface area contributed by atoms with Crippen LogP contribution >= 0.6 is 0 Å². The Morgan fingerprint density at radius 3 is 2.27 bits per heavy atom. The number of hydrogen-bond acceptors (Lipinski definition) is 4. The van der Waals surface area contributed by atoms with Crippen molar-refractivity contribution < 1.29 is 9.59 Å². The Hall–Kier alpha value is -3.61. The van der Waals surface area contributed by atoms with Crippen molar-refractivity contribution in [3.8, 4) is 5.69 Å². The van der Waals surface area contributed by atoms with Crippen molar-refractivity contribution in [1.82, 2.24) is 20.4 Å². The van der Waals surface area contributed by atoms with Crippen LogP contribution in [0.1, 0.15) is 44.9 Å². The number of hydrazine groups is 1. The third kappa shape index (κ3) is 3.78. The Morgan fingerprint density at radius 1 is 0.900 bits per heavy atom. The van der Waals surface area contributed by atoms with E-state index in [2.05, 4.69) is 20.7 Å². The largest absolute Gasteiger partial charge is 0.356 e. The summed E-state index contributed by atoms with van der Waals surface area (Å²) in [5.41, 5.74) is 8.80. The standard InChI is InChI=1S/C23H25N5O2/c1-16-15-20(17(2)28(16)18-9-4-3-5-10-18)23(30)26-25-22(29)19-11-8-12-24-21(19)27-13-6-7-14-27/h3-5,8-12,15H,6-7,13-14H2,1-2H3,(H,25,29)(H,26,30). The van der Waals surface area contributed by atoms with E-state index in [-0.39, 0.29) is 11.8 Å². The van der Waals surface area contributed by atoms with Crippen molar-refractivity contribution in [2.24, 2.45) is 0 Å². The number of aromatic nitrogens is 2. The van der Waals surface area contributed by atoms with Crippen LogP contribution < -0.4 is 15.8 Å². The second-order valence-electron chi connectivity index (χ2n) is 7.43. The zero-order chi connectivity index (χ0) is 21.1. The summed E-state index contributed by atoms with van der Waals surface area (Å²) in [6, 6.07) is 15.1. The van der Waals surface area contributed by atoms with Gasteiger partial charge in [0.05, 0.1) is 11.1 Å². The molecule has 0 atom stereocenters. The number of nitrogens with one attached hydrogen (secondary N) is 2. The molecule has 0 bridgehead atoms. The molecule has 1 saturated heterocycles. The van der Waals surface area contributed by atoms with Crippen molar-refractivity contribution in [1.29, 1.82) is 0 Å². The number of benzene rings is 1. The highest BCUT2D eigenvalue weighted by Gasteiger charge is 2.22. The first kappa shape index (κ1) is 19.7. The molecule has 7 heteroatoms. The fourth-order valence-electron chi connectivity index (χ4n) is 3.97. The fourth-order valence-corrected chi connectivity index (χ4v) is 3.97. The second-order valence-corrected chi connectivity index (χ2v) is 7.43. The first-order chi connectivity index (χ1) is 14.6. The summed E-state index contributed by atoms with van der Waals surface area (Å²) >= 11 is 0. The number of anilines is 1. The third-order valence-electron chi connectivity index (χ3n) is 5.42. The quantitative estimate of drug-likeness (QED) is 0.656. The summed E-state index contributed by atoms with van der Waals surface area (Å²) in [4.78, 5) is 32.0. The summed E-state index contributed by atoms with van der Waals surface area (Å²) < 4.78 is 2.02. The molecule has 3 aromatic rings.